The molecule has 0 heterocycles. The van der Waals surface area contributed by atoms with E-state index in [4.69, 9.17) is 4.74 Å². The number of esters is 1. The molecule has 0 saturated carbocycles. The molecule has 0 aromatic carbocycles. The lowest BCUT2D eigenvalue weighted by molar-refractivity contribution is -0.143. The Hall–Kier alpha value is -1.40. The minimum atomic E-state index is -0.662. The number of unbranched alkanes of at least 4 members (excludes halogenated alkanes) is 51. The first-order chi connectivity index (χ1) is 36.5. The summed E-state index contributed by atoms with van der Waals surface area (Å²) in [4.78, 5) is 24.5. The van der Waals surface area contributed by atoms with Crippen LogP contribution in [0.2, 0.25) is 0 Å². The normalized spacial score (nSPS) is 12.5. The highest BCUT2D eigenvalue weighted by Gasteiger charge is 2.20. The molecule has 0 spiro atoms. The van der Waals surface area contributed by atoms with E-state index in [1.807, 2.05) is 0 Å². The summed E-state index contributed by atoms with van der Waals surface area (Å²) in [5.74, 6) is -0.0125. The minimum absolute atomic E-state index is 0.0175. The van der Waals surface area contributed by atoms with E-state index in [1.54, 1.807) is 0 Å². The van der Waals surface area contributed by atoms with Crippen LogP contribution in [0.25, 0.3) is 0 Å². The fourth-order valence-electron chi connectivity index (χ4n) is 10.9. The van der Waals surface area contributed by atoms with Crippen molar-refractivity contribution >= 4 is 11.9 Å². The largest absolute Gasteiger partial charge is 0.466 e. The van der Waals surface area contributed by atoms with Crippen LogP contribution in [-0.4, -0.2) is 47.4 Å². The van der Waals surface area contributed by atoms with Gasteiger partial charge in [0.25, 0.3) is 0 Å². The number of ether oxygens (including phenoxy) is 1. The second kappa shape index (κ2) is 64.1. The van der Waals surface area contributed by atoms with E-state index in [1.165, 1.54) is 315 Å². The van der Waals surface area contributed by atoms with Crippen LogP contribution in [0.15, 0.2) is 12.2 Å². The van der Waals surface area contributed by atoms with Crippen molar-refractivity contribution in [2.45, 2.75) is 398 Å². The number of allylic oxidation sites excluding steroid dienone is 2. The molecule has 0 rings (SSSR count). The molecule has 0 bridgehead atoms. The third kappa shape index (κ3) is 59.8. The van der Waals surface area contributed by atoms with Gasteiger partial charge in [0.15, 0.2) is 0 Å². The van der Waals surface area contributed by atoms with Gasteiger partial charge in [0.2, 0.25) is 5.91 Å². The molecule has 6 nitrogen and oxygen atoms in total. The fraction of sp³-hybridized carbons (Fsp3) is 0.941. The van der Waals surface area contributed by atoms with Gasteiger partial charge < -0.3 is 20.3 Å². The Balaban J connectivity index is 3.36. The number of carbonyl (C=O) groups excluding carboxylic acids is 2. The molecule has 1 amide bonds. The van der Waals surface area contributed by atoms with Crippen LogP contribution in [0.3, 0.4) is 0 Å². The highest BCUT2D eigenvalue weighted by atomic mass is 16.5. The van der Waals surface area contributed by atoms with E-state index in [9.17, 15) is 19.8 Å². The zero-order valence-corrected chi connectivity index (χ0v) is 50.4. The molecule has 0 aromatic rings. The second-order valence-electron chi connectivity index (χ2n) is 23.5. The van der Waals surface area contributed by atoms with Gasteiger partial charge in [-0.3, -0.25) is 9.59 Å². The SMILES string of the molecule is CCCCCCCCCCCCCCCCCCC(O)C(CO)NC(=O)CCCCCCCCCCCCCCCC/C=C\CCCCCCCCCCCCCCOC(=O)CCCCCCCCCCCCC. The van der Waals surface area contributed by atoms with Crippen LogP contribution in [0.4, 0.5) is 0 Å². The molecule has 74 heavy (non-hydrogen) atoms. The Bertz CT molecular complexity index is 1110. The van der Waals surface area contributed by atoms with Crippen molar-refractivity contribution in [3.05, 3.63) is 12.2 Å². The van der Waals surface area contributed by atoms with Gasteiger partial charge in [-0.15, -0.1) is 0 Å². The summed E-state index contributed by atoms with van der Waals surface area (Å²) in [7, 11) is 0. The quantitative estimate of drug-likeness (QED) is 0.0320. The Morgan fingerprint density at radius 2 is 0.635 bits per heavy atom. The van der Waals surface area contributed by atoms with Gasteiger partial charge in [0, 0.05) is 12.8 Å². The average Bonchev–Trinajstić information content (AvgIpc) is 3.40. The van der Waals surface area contributed by atoms with E-state index in [0.717, 1.165) is 38.5 Å². The number of amides is 1. The molecule has 0 aliphatic carbocycles. The van der Waals surface area contributed by atoms with Crippen molar-refractivity contribution in [2.24, 2.45) is 0 Å². The van der Waals surface area contributed by atoms with E-state index >= 15 is 0 Å². The third-order valence-corrected chi connectivity index (χ3v) is 16.1. The van der Waals surface area contributed by atoms with Gasteiger partial charge in [0.05, 0.1) is 25.4 Å². The summed E-state index contributed by atoms with van der Waals surface area (Å²) in [5, 5.41) is 23.3. The van der Waals surface area contributed by atoms with Crippen molar-refractivity contribution < 1.29 is 24.5 Å². The van der Waals surface area contributed by atoms with E-state index in [-0.39, 0.29) is 18.5 Å². The predicted octanol–water partition coefficient (Wildman–Crippen LogP) is 21.6. The molecule has 440 valence electrons. The highest BCUT2D eigenvalue weighted by molar-refractivity contribution is 5.76. The maximum Gasteiger partial charge on any atom is 0.305 e. The first-order valence-corrected chi connectivity index (χ1v) is 33.9. The van der Waals surface area contributed by atoms with Gasteiger partial charge in [-0.2, -0.15) is 0 Å². The maximum absolute atomic E-state index is 12.5. The second-order valence-corrected chi connectivity index (χ2v) is 23.5. The monoisotopic (exact) mass is 1040 g/mol. The number of rotatable bonds is 64. The number of nitrogens with one attached hydrogen (secondary N) is 1. The van der Waals surface area contributed by atoms with Crippen LogP contribution in [-0.2, 0) is 14.3 Å². The number of hydrogen-bond acceptors (Lipinski definition) is 5. The zero-order chi connectivity index (χ0) is 53.6. The fourth-order valence-corrected chi connectivity index (χ4v) is 10.9. The van der Waals surface area contributed by atoms with Crippen molar-refractivity contribution in [2.75, 3.05) is 13.2 Å². The average molecular weight is 1040 g/mol. The number of aliphatic hydroxyl groups is 2. The Kier molecular flexibility index (Phi) is 62.9. The molecule has 0 aliphatic rings. The van der Waals surface area contributed by atoms with Crippen LogP contribution in [0.1, 0.15) is 386 Å². The van der Waals surface area contributed by atoms with Crippen molar-refractivity contribution in [3.63, 3.8) is 0 Å². The smallest absolute Gasteiger partial charge is 0.305 e. The Morgan fingerprint density at radius 3 is 0.959 bits per heavy atom. The first kappa shape index (κ1) is 72.6. The summed E-state index contributed by atoms with van der Waals surface area (Å²) < 4.78 is 5.47. The maximum atomic E-state index is 12.5. The van der Waals surface area contributed by atoms with Gasteiger partial charge in [-0.25, -0.2) is 0 Å². The molecular formula is C68H133NO5. The first-order valence-electron chi connectivity index (χ1n) is 33.9. The third-order valence-electron chi connectivity index (χ3n) is 16.1. The molecule has 6 heteroatoms. The number of carbonyl (C=O) groups is 2. The summed E-state index contributed by atoms with van der Waals surface area (Å²) in [6.45, 7) is 4.98. The molecule has 0 radical (unpaired) electrons. The van der Waals surface area contributed by atoms with Gasteiger partial charge >= 0.3 is 5.97 Å². The van der Waals surface area contributed by atoms with Crippen LogP contribution in [0.5, 0.6) is 0 Å². The number of hydrogen-bond donors (Lipinski definition) is 3. The summed E-state index contributed by atoms with van der Waals surface area (Å²) in [5.41, 5.74) is 0. The zero-order valence-electron chi connectivity index (χ0n) is 50.4. The van der Waals surface area contributed by atoms with Crippen molar-refractivity contribution in [1.29, 1.82) is 0 Å². The summed E-state index contributed by atoms with van der Waals surface area (Å²) >= 11 is 0. The van der Waals surface area contributed by atoms with E-state index < -0.39 is 12.1 Å². The lowest BCUT2D eigenvalue weighted by Crippen LogP contribution is -2.45. The molecule has 0 fully saturated rings. The Labute approximate surface area is 463 Å². The van der Waals surface area contributed by atoms with E-state index in [0.29, 0.717) is 25.9 Å². The van der Waals surface area contributed by atoms with E-state index in [2.05, 4.69) is 31.3 Å². The predicted molar refractivity (Wildman–Crippen MR) is 324 cm³/mol. The summed E-state index contributed by atoms with van der Waals surface area (Å²) in [6.07, 6.45) is 78.2. The van der Waals surface area contributed by atoms with Gasteiger partial charge in [-0.05, 0) is 51.4 Å². The molecular weight excluding hydrogens is 911 g/mol. The van der Waals surface area contributed by atoms with Crippen LogP contribution >= 0.6 is 0 Å². The molecule has 0 aliphatic heterocycles. The molecule has 0 aromatic heterocycles. The molecule has 3 N–H and O–H groups in total. The molecule has 2 unspecified atom stereocenters. The Morgan fingerprint density at radius 1 is 0.365 bits per heavy atom. The molecule has 2 atom stereocenters. The summed E-state index contributed by atoms with van der Waals surface area (Å²) in [6, 6.07) is -0.539. The highest BCUT2D eigenvalue weighted by Crippen LogP contribution is 2.19. The standard InChI is InChI=1S/C68H133NO5/c1-3-5-7-9-11-13-15-16-17-34-37-41-44-48-52-56-60-66(71)65(64-70)69-67(72)61-57-53-49-45-42-38-35-32-30-28-26-24-22-20-18-19-21-23-25-27-29-31-33-36-39-43-47-51-55-59-63-74-68(73)62-58-54-50-46-40-14-12-10-8-6-4-2/h19,21,65-66,70-71H,3-18,20,22-64H2,1-2H3,(H,69,72)/b21-19-. The van der Waals surface area contributed by atoms with Crippen LogP contribution in [0, 0.1) is 0 Å². The minimum Gasteiger partial charge on any atom is -0.466 e. The molecule has 0 saturated heterocycles. The topological polar surface area (TPSA) is 95.9 Å². The number of aliphatic hydroxyl groups excluding tert-OH is 2. The van der Waals surface area contributed by atoms with Crippen molar-refractivity contribution in [1.82, 2.24) is 5.32 Å². The lowest BCUT2D eigenvalue weighted by Gasteiger charge is -2.22. The van der Waals surface area contributed by atoms with Crippen molar-refractivity contribution in [3.8, 4) is 0 Å². The van der Waals surface area contributed by atoms with Gasteiger partial charge in [0.1, 0.15) is 0 Å². The lowest BCUT2D eigenvalue weighted by atomic mass is 10.0. The van der Waals surface area contributed by atoms with Gasteiger partial charge in [-0.1, -0.05) is 334 Å². The van der Waals surface area contributed by atoms with Crippen LogP contribution < -0.4 is 5.32 Å².